The molecule has 0 fully saturated rings. The molecule has 0 amide bonds. The van der Waals surface area contributed by atoms with Gasteiger partial charge in [-0.15, -0.1) is 0 Å². The zero-order valence-electron chi connectivity index (χ0n) is 39.9. The fraction of sp³-hybridized carbons (Fsp3) is 0.111. The maximum atomic E-state index is 12.4. The average molecular weight is 983 g/mol. The van der Waals surface area contributed by atoms with Crippen molar-refractivity contribution in [3.05, 3.63) is 218 Å². The fourth-order valence-corrected chi connectivity index (χ4v) is 7.39. The van der Waals surface area contributed by atoms with E-state index >= 15 is 0 Å². The number of benzene rings is 6. The van der Waals surface area contributed by atoms with E-state index in [-0.39, 0.29) is 5.69 Å². The van der Waals surface area contributed by atoms with Gasteiger partial charge in [0.2, 0.25) is 5.82 Å². The predicted molar refractivity (Wildman–Crippen MR) is 276 cm³/mol. The van der Waals surface area contributed by atoms with Crippen molar-refractivity contribution < 1.29 is 33.2 Å². The Kier molecular flexibility index (Phi) is 15.4. The highest BCUT2D eigenvalue weighted by atomic mass is 19.1. The third-order valence-corrected chi connectivity index (χ3v) is 11.1. The average Bonchev–Trinajstić information content (AvgIpc) is 3.92. The number of para-hydroxylation sites is 3. The lowest BCUT2D eigenvalue weighted by Crippen LogP contribution is -2.03. The number of nitro benzene ring substituents is 2. The number of aromatic nitrogens is 6. The first-order chi connectivity index (χ1) is 35.4. The van der Waals surface area contributed by atoms with Crippen molar-refractivity contribution in [1.29, 1.82) is 0 Å². The van der Waals surface area contributed by atoms with Gasteiger partial charge < -0.3 is 30.0 Å². The number of halogens is 1. The van der Waals surface area contributed by atoms with E-state index in [0.717, 1.165) is 46.1 Å². The molecule has 0 bridgehead atoms. The predicted octanol–water partition coefficient (Wildman–Crippen LogP) is 12.1. The van der Waals surface area contributed by atoms with Crippen LogP contribution in [0.4, 0.5) is 33.1 Å². The summed E-state index contributed by atoms with van der Waals surface area (Å²) in [6, 6.07) is 46.1. The number of nitro groups is 2. The topological polar surface area (TPSA) is 223 Å². The van der Waals surface area contributed by atoms with E-state index in [4.69, 9.17) is 29.8 Å². The number of rotatable bonds is 14. The van der Waals surface area contributed by atoms with Crippen LogP contribution in [0, 0.1) is 39.9 Å². The number of hydrogen-bond acceptors (Lipinski definition) is 14. The number of nitrogens with zero attached hydrogens (tertiary/aromatic N) is 8. The molecular formula is C54H47FN10O8. The number of aryl methyl sites for hydroxylation is 2. The Hall–Kier alpha value is -9.91. The summed E-state index contributed by atoms with van der Waals surface area (Å²) in [5.41, 5.74) is 11.6. The number of nitrogens with two attached hydrogens (primary N) is 1. The summed E-state index contributed by atoms with van der Waals surface area (Å²) in [5.74, 6) is 4.16. The summed E-state index contributed by atoms with van der Waals surface area (Å²) >= 11 is 0. The molecule has 73 heavy (non-hydrogen) atoms. The molecule has 0 spiro atoms. The Morgan fingerprint density at radius 2 is 1.00 bits per heavy atom. The van der Waals surface area contributed by atoms with Gasteiger partial charge in [0.25, 0.3) is 5.69 Å². The maximum absolute atomic E-state index is 12.4. The van der Waals surface area contributed by atoms with Crippen molar-refractivity contribution >= 4 is 50.8 Å². The monoisotopic (exact) mass is 982 g/mol. The first-order valence-corrected chi connectivity index (χ1v) is 22.5. The van der Waals surface area contributed by atoms with Gasteiger partial charge in [0.05, 0.1) is 37.2 Å². The molecule has 0 saturated carbocycles. The molecule has 0 aliphatic rings. The third kappa shape index (κ3) is 12.1. The van der Waals surface area contributed by atoms with Gasteiger partial charge in [-0.3, -0.25) is 20.2 Å². The van der Waals surface area contributed by atoms with Crippen molar-refractivity contribution in [3.63, 3.8) is 0 Å². The smallest absolute Gasteiger partial charge is 0.304 e. The van der Waals surface area contributed by atoms with Crippen LogP contribution < -0.4 is 30.0 Å². The van der Waals surface area contributed by atoms with E-state index in [9.17, 15) is 24.6 Å². The van der Waals surface area contributed by atoms with E-state index in [1.807, 2.05) is 111 Å². The molecule has 0 radical (unpaired) electrons. The number of fused-ring (bicyclic) bond motifs is 2. The van der Waals surface area contributed by atoms with Crippen LogP contribution in [-0.4, -0.2) is 53.6 Å². The van der Waals surface area contributed by atoms with Crippen molar-refractivity contribution in [3.8, 4) is 34.5 Å². The van der Waals surface area contributed by atoms with Crippen LogP contribution in [0.5, 0.6) is 34.5 Å². The van der Waals surface area contributed by atoms with Gasteiger partial charge in [-0.1, -0.05) is 83.9 Å². The molecule has 0 aliphatic heterocycles. The quantitative estimate of drug-likeness (QED) is 0.0764. The van der Waals surface area contributed by atoms with Crippen LogP contribution in [0.25, 0.3) is 22.1 Å². The maximum Gasteiger partial charge on any atom is 0.304 e. The van der Waals surface area contributed by atoms with Gasteiger partial charge in [0.15, 0.2) is 22.9 Å². The molecule has 0 atom stereocenters. The van der Waals surface area contributed by atoms with Gasteiger partial charge in [-0.2, -0.15) is 14.6 Å². The zero-order valence-corrected chi connectivity index (χ0v) is 39.9. The number of anilines is 3. The molecular weight excluding hydrogens is 936 g/mol. The lowest BCUT2D eigenvalue weighted by molar-refractivity contribution is -0.387. The second-order valence-electron chi connectivity index (χ2n) is 16.2. The van der Waals surface area contributed by atoms with Crippen LogP contribution in [0.15, 0.2) is 170 Å². The Morgan fingerprint density at radius 1 is 0.562 bits per heavy atom. The minimum Gasteiger partial charge on any atom is -0.497 e. The second-order valence-corrected chi connectivity index (χ2v) is 16.2. The minimum absolute atomic E-state index is 0.0553. The summed E-state index contributed by atoms with van der Waals surface area (Å²) in [6.45, 7) is 5.03. The summed E-state index contributed by atoms with van der Waals surface area (Å²) in [7, 11) is 3.27. The van der Waals surface area contributed by atoms with E-state index < -0.39 is 21.4 Å². The highest BCUT2D eigenvalue weighted by molar-refractivity contribution is 5.96. The standard InChI is InChI=1S/C27H23N5O4.C21H20N4O2.C6H4FNO2/c1-18-7-11-21(12-8-18)36-24-15-16-28-27-25(24)26(29-22-5-3-4-6-23(22)32(33)34)30-31(27)17-19-9-13-20(35-2)14-10-19;1-14-3-7-17(8-4-14)27-18-11-12-23-21-19(18)20(22)24-25(21)13-15-5-9-16(26-2)10-6-15;7-5-3-1-2-4-6(5)8(9)10/h3-16H,17H2,1-2H3,(H,29,30);3-12H,13H2,1-2H3,(H2,22,24);1-4H. The Labute approximate surface area is 417 Å². The normalized spacial score (nSPS) is 10.6. The van der Waals surface area contributed by atoms with E-state index in [1.54, 1.807) is 66.3 Å². The number of hydrogen-bond donors (Lipinski definition) is 2. The Balaban J connectivity index is 0.000000168. The summed E-state index contributed by atoms with van der Waals surface area (Å²) in [5, 5.41) is 35.3. The van der Waals surface area contributed by atoms with Crippen molar-refractivity contribution in [2.75, 3.05) is 25.3 Å². The number of nitrogens with one attached hydrogen (secondary N) is 1. The molecule has 10 rings (SSSR count). The lowest BCUT2D eigenvalue weighted by atomic mass is 10.2. The minimum atomic E-state index is -0.799. The second kappa shape index (κ2) is 22.7. The zero-order chi connectivity index (χ0) is 51.4. The van der Waals surface area contributed by atoms with Gasteiger partial charge in [-0.25, -0.2) is 19.3 Å². The van der Waals surface area contributed by atoms with Crippen LogP contribution >= 0.6 is 0 Å². The molecule has 18 nitrogen and oxygen atoms in total. The molecule has 0 aliphatic carbocycles. The largest absolute Gasteiger partial charge is 0.497 e. The van der Waals surface area contributed by atoms with E-state index in [0.29, 0.717) is 69.7 Å². The molecule has 4 heterocycles. The van der Waals surface area contributed by atoms with E-state index in [2.05, 4.69) is 20.4 Å². The number of ether oxygens (including phenoxy) is 4. The summed E-state index contributed by atoms with van der Waals surface area (Å²) in [4.78, 5) is 29.4. The lowest BCUT2D eigenvalue weighted by Gasteiger charge is -2.09. The molecule has 4 aromatic heterocycles. The van der Waals surface area contributed by atoms with Crippen molar-refractivity contribution in [2.45, 2.75) is 26.9 Å². The molecule has 368 valence electrons. The van der Waals surface area contributed by atoms with Gasteiger partial charge >= 0.3 is 5.69 Å². The molecule has 6 aromatic carbocycles. The Bertz CT molecular complexity index is 3520. The van der Waals surface area contributed by atoms with Crippen LogP contribution in [-0.2, 0) is 13.1 Å². The molecule has 0 unspecified atom stereocenters. The van der Waals surface area contributed by atoms with Gasteiger partial charge in [0, 0.05) is 36.7 Å². The van der Waals surface area contributed by atoms with Gasteiger partial charge in [-0.05, 0) is 85.6 Å². The van der Waals surface area contributed by atoms with Crippen molar-refractivity contribution in [2.24, 2.45) is 0 Å². The number of nitrogen functional groups attached to an aromatic ring is 1. The van der Waals surface area contributed by atoms with Crippen LogP contribution in [0.2, 0.25) is 0 Å². The molecule has 10 aromatic rings. The molecule has 0 saturated heterocycles. The Morgan fingerprint density at radius 3 is 1.48 bits per heavy atom. The van der Waals surface area contributed by atoms with Crippen LogP contribution in [0.3, 0.4) is 0 Å². The highest BCUT2D eigenvalue weighted by Gasteiger charge is 2.22. The summed E-state index contributed by atoms with van der Waals surface area (Å²) < 4.78 is 38.6. The van der Waals surface area contributed by atoms with Gasteiger partial charge in [0.1, 0.15) is 51.0 Å². The van der Waals surface area contributed by atoms with Crippen molar-refractivity contribution in [1.82, 2.24) is 29.5 Å². The fourth-order valence-electron chi connectivity index (χ4n) is 7.39. The third-order valence-electron chi connectivity index (χ3n) is 11.1. The van der Waals surface area contributed by atoms with E-state index in [1.165, 1.54) is 23.8 Å². The highest BCUT2D eigenvalue weighted by Crippen LogP contribution is 2.38. The first-order valence-electron chi connectivity index (χ1n) is 22.5. The number of pyridine rings is 2. The number of methoxy groups -OCH3 is 2. The molecule has 3 N–H and O–H groups in total. The summed E-state index contributed by atoms with van der Waals surface area (Å²) in [6.07, 6.45) is 3.37. The SMILES string of the molecule is COc1ccc(Cn2nc(N)c3c(Oc4ccc(C)cc4)ccnc32)cc1.COc1ccc(Cn2nc(Nc3ccccc3[N+](=O)[O-])c3c(Oc4ccc(C)cc4)ccnc32)cc1.O=[N+]([O-])c1ccccc1F. The first kappa shape index (κ1) is 49.5. The molecule has 19 heteroatoms. The van der Waals surface area contributed by atoms with Crippen LogP contribution in [0.1, 0.15) is 22.3 Å².